The van der Waals surface area contributed by atoms with Gasteiger partial charge in [0.2, 0.25) is 5.78 Å². The van der Waals surface area contributed by atoms with Crippen LogP contribution in [0.4, 0.5) is 8.78 Å². The molecule has 8 nitrogen and oxygen atoms in total. The third kappa shape index (κ3) is 3.43. The number of H-pyrrole nitrogens is 1. The number of halogens is 2. The van der Waals surface area contributed by atoms with E-state index in [1.165, 1.54) is 6.20 Å². The van der Waals surface area contributed by atoms with Crippen LogP contribution in [0.3, 0.4) is 0 Å². The van der Waals surface area contributed by atoms with Crippen molar-refractivity contribution >= 4 is 22.7 Å². The molecule has 0 unspecified atom stereocenters. The molecule has 0 spiro atoms. The fourth-order valence-electron chi connectivity index (χ4n) is 3.52. The average Bonchev–Trinajstić information content (AvgIpc) is 3.46. The Bertz CT molecular complexity index is 1540. The summed E-state index contributed by atoms with van der Waals surface area (Å²) in [6.45, 7) is 0. The molecule has 4 aromatic heterocycles. The van der Waals surface area contributed by atoms with Crippen molar-refractivity contribution in [1.82, 2.24) is 24.7 Å². The molecule has 0 bridgehead atoms. The third-order valence-corrected chi connectivity index (χ3v) is 5.16. The largest absolute Gasteiger partial charge is 0.366 e. The highest BCUT2D eigenvalue weighted by Crippen LogP contribution is 2.28. The molecule has 0 radical (unpaired) electrons. The smallest absolute Gasteiger partial charge is 0.251 e. The van der Waals surface area contributed by atoms with Gasteiger partial charge >= 0.3 is 0 Å². The Morgan fingerprint density at radius 1 is 1.00 bits per heavy atom. The van der Waals surface area contributed by atoms with E-state index in [9.17, 15) is 18.4 Å². The van der Waals surface area contributed by atoms with Crippen molar-refractivity contribution < 1.29 is 18.4 Å². The molecule has 0 aliphatic carbocycles. The molecule has 162 valence electrons. The molecular weight excluding hydrogens is 430 g/mol. The van der Waals surface area contributed by atoms with Gasteiger partial charge in [-0.3, -0.25) is 9.59 Å². The van der Waals surface area contributed by atoms with Gasteiger partial charge in [-0.2, -0.15) is 5.10 Å². The highest BCUT2D eigenvalue weighted by atomic mass is 19.1. The highest BCUT2D eigenvalue weighted by Gasteiger charge is 2.26. The van der Waals surface area contributed by atoms with Crippen LogP contribution in [0.5, 0.6) is 0 Å². The molecule has 0 aliphatic rings. The Labute approximate surface area is 184 Å². The van der Waals surface area contributed by atoms with Gasteiger partial charge in [-0.25, -0.2) is 23.4 Å². The van der Waals surface area contributed by atoms with Crippen LogP contribution in [0, 0.1) is 11.6 Å². The van der Waals surface area contributed by atoms with Crippen molar-refractivity contribution in [2.75, 3.05) is 0 Å². The van der Waals surface area contributed by atoms with Gasteiger partial charge in [0.05, 0.1) is 17.3 Å². The van der Waals surface area contributed by atoms with Gasteiger partial charge in [0, 0.05) is 46.9 Å². The number of carbonyl (C=O) groups is 2. The first-order valence-corrected chi connectivity index (χ1v) is 9.70. The predicted molar refractivity (Wildman–Crippen MR) is 115 cm³/mol. The van der Waals surface area contributed by atoms with Crippen LogP contribution in [0.1, 0.15) is 26.3 Å². The molecule has 3 N–H and O–H groups in total. The number of aromatic nitrogens is 5. The predicted octanol–water partition coefficient (Wildman–Crippen LogP) is 3.42. The number of carbonyl (C=O) groups excluding carboxylic acids is 2. The van der Waals surface area contributed by atoms with E-state index < -0.39 is 34.5 Å². The minimum Gasteiger partial charge on any atom is -0.366 e. The Balaban J connectivity index is 1.58. The van der Waals surface area contributed by atoms with E-state index in [0.717, 1.165) is 12.1 Å². The number of rotatable bonds is 5. The molecule has 0 aliphatic heterocycles. The van der Waals surface area contributed by atoms with Crippen molar-refractivity contribution in [3.05, 3.63) is 95.7 Å². The normalized spacial score (nSPS) is 11.1. The monoisotopic (exact) mass is 444 g/mol. The van der Waals surface area contributed by atoms with Gasteiger partial charge in [-0.1, -0.05) is 6.07 Å². The van der Waals surface area contributed by atoms with E-state index in [1.807, 2.05) is 6.07 Å². The quantitative estimate of drug-likeness (QED) is 0.403. The zero-order valence-corrected chi connectivity index (χ0v) is 16.8. The first kappa shape index (κ1) is 20.2. The molecule has 4 heterocycles. The first-order valence-electron chi connectivity index (χ1n) is 9.70. The Morgan fingerprint density at radius 3 is 2.61 bits per heavy atom. The number of hydrogen-bond acceptors (Lipinski definition) is 5. The Kier molecular flexibility index (Phi) is 4.74. The van der Waals surface area contributed by atoms with Crippen LogP contribution in [-0.2, 0) is 0 Å². The summed E-state index contributed by atoms with van der Waals surface area (Å²) in [6.07, 6.45) is 7.91. The molecule has 0 saturated carbocycles. The zero-order valence-electron chi connectivity index (χ0n) is 16.8. The van der Waals surface area contributed by atoms with Gasteiger partial charge < -0.3 is 10.7 Å². The third-order valence-electron chi connectivity index (χ3n) is 5.16. The van der Waals surface area contributed by atoms with Crippen LogP contribution in [0.25, 0.3) is 28.0 Å². The second-order valence-electron chi connectivity index (χ2n) is 7.16. The second kappa shape index (κ2) is 7.75. The zero-order chi connectivity index (χ0) is 23.1. The van der Waals surface area contributed by atoms with Crippen molar-refractivity contribution in [2.45, 2.75) is 0 Å². The number of nitrogens with one attached hydrogen (secondary N) is 1. The fourth-order valence-corrected chi connectivity index (χ4v) is 3.52. The molecule has 0 atom stereocenters. The number of primary amides is 1. The minimum atomic E-state index is -1.30. The standard InChI is InChI=1S/C23H14F2N6O2/c24-17-5-4-14(22(26)33)20(25)19(17)21(32)16-10-29-23-15(16)7-12(8-28-23)13-9-30-31(11-13)18-3-1-2-6-27-18/h1-11H,(H2,26,33)(H,28,29). The van der Waals surface area contributed by atoms with E-state index >= 15 is 0 Å². The topological polar surface area (TPSA) is 120 Å². The number of nitrogens with two attached hydrogens (primary N) is 1. The lowest BCUT2D eigenvalue weighted by molar-refractivity contribution is 0.0996. The van der Waals surface area contributed by atoms with E-state index in [1.54, 1.807) is 47.7 Å². The molecule has 0 saturated heterocycles. The van der Waals surface area contributed by atoms with Crippen LogP contribution in [0.2, 0.25) is 0 Å². The number of aromatic amines is 1. The number of hydrogen-bond donors (Lipinski definition) is 2. The van der Waals surface area contributed by atoms with E-state index in [2.05, 4.69) is 20.1 Å². The lowest BCUT2D eigenvalue weighted by Gasteiger charge is -2.07. The number of nitrogens with zero attached hydrogens (tertiary/aromatic N) is 4. The summed E-state index contributed by atoms with van der Waals surface area (Å²) in [5, 5.41) is 4.65. The number of pyridine rings is 2. The highest BCUT2D eigenvalue weighted by molar-refractivity contribution is 6.17. The summed E-state index contributed by atoms with van der Waals surface area (Å²) in [7, 11) is 0. The maximum atomic E-state index is 14.7. The summed E-state index contributed by atoms with van der Waals surface area (Å²) in [5.41, 5.74) is 5.38. The molecule has 1 amide bonds. The van der Waals surface area contributed by atoms with Crippen LogP contribution in [0.15, 0.2) is 67.4 Å². The number of amides is 1. The Hall–Kier alpha value is -4.73. The summed E-state index contributed by atoms with van der Waals surface area (Å²) >= 11 is 0. The fraction of sp³-hybridized carbons (Fsp3) is 0. The van der Waals surface area contributed by atoms with Crippen LogP contribution >= 0.6 is 0 Å². The van der Waals surface area contributed by atoms with E-state index in [0.29, 0.717) is 28.0 Å². The molecule has 10 heteroatoms. The Morgan fingerprint density at radius 2 is 1.85 bits per heavy atom. The number of ketones is 1. The molecule has 0 fully saturated rings. The van der Waals surface area contributed by atoms with Crippen molar-refractivity contribution in [1.29, 1.82) is 0 Å². The van der Waals surface area contributed by atoms with Gasteiger partial charge in [0.1, 0.15) is 17.3 Å². The lowest BCUT2D eigenvalue weighted by atomic mass is 9.98. The molecular formula is C23H14F2N6O2. The van der Waals surface area contributed by atoms with Gasteiger partial charge in [0.15, 0.2) is 5.82 Å². The van der Waals surface area contributed by atoms with Crippen LogP contribution in [-0.4, -0.2) is 36.4 Å². The SMILES string of the molecule is NC(=O)c1ccc(F)c(C(=O)c2c[nH]c3ncc(-c4cnn(-c5ccccn5)c4)cc23)c1F. The van der Waals surface area contributed by atoms with Crippen LogP contribution < -0.4 is 5.73 Å². The minimum absolute atomic E-state index is 0.00381. The average molecular weight is 444 g/mol. The maximum absolute atomic E-state index is 14.7. The molecule has 5 aromatic rings. The molecule has 33 heavy (non-hydrogen) atoms. The lowest BCUT2D eigenvalue weighted by Crippen LogP contribution is -2.17. The number of benzene rings is 1. The van der Waals surface area contributed by atoms with E-state index in [-0.39, 0.29) is 5.56 Å². The second-order valence-corrected chi connectivity index (χ2v) is 7.16. The summed E-state index contributed by atoms with van der Waals surface area (Å²) in [6, 6.07) is 8.82. The van der Waals surface area contributed by atoms with Gasteiger partial charge in [-0.15, -0.1) is 0 Å². The molecule has 5 rings (SSSR count). The van der Waals surface area contributed by atoms with Crippen molar-refractivity contribution in [2.24, 2.45) is 5.73 Å². The molecule has 1 aromatic carbocycles. The van der Waals surface area contributed by atoms with Crippen molar-refractivity contribution in [3.63, 3.8) is 0 Å². The van der Waals surface area contributed by atoms with Crippen molar-refractivity contribution in [3.8, 4) is 16.9 Å². The van der Waals surface area contributed by atoms with E-state index in [4.69, 9.17) is 5.73 Å². The maximum Gasteiger partial charge on any atom is 0.251 e. The number of fused-ring (bicyclic) bond motifs is 1. The summed E-state index contributed by atoms with van der Waals surface area (Å²) in [5.74, 6) is -3.83. The summed E-state index contributed by atoms with van der Waals surface area (Å²) in [4.78, 5) is 35.9. The van der Waals surface area contributed by atoms with Gasteiger partial charge in [-0.05, 0) is 30.3 Å². The first-order chi connectivity index (χ1) is 15.9. The van der Waals surface area contributed by atoms with Gasteiger partial charge in [0.25, 0.3) is 5.91 Å². The summed E-state index contributed by atoms with van der Waals surface area (Å²) < 4.78 is 30.7.